The molecule has 2 atom stereocenters. The maximum atomic E-state index is 10.4. The molecule has 2 rings (SSSR count). The van der Waals surface area contributed by atoms with Crippen LogP contribution in [0.5, 0.6) is 0 Å². The van der Waals surface area contributed by atoms with E-state index >= 15 is 0 Å². The van der Waals surface area contributed by atoms with Crippen molar-refractivity contribution in [2.45, 2.75) is 0 Å². The van der Waals surface area contributed by atoms with E-state index in [9.17, 15) is 9.59 Å². The van der Waals surface area contributed by atoms with E-state index in [2.05, 4.69) is 0 Å². The molecule has 11 heavy (non-hydrogen) atoms. The van der Waals surface area contributed by atoms with Crippen molar-refractivity contribution in [1.29, 1.82) is 0 Å². The summed E-state index contributed by atoms with van der Waals surface area (Å²) in [6, 6.07) is 0. The van der Waals surface area contributed by atoms with Gasteiger partial charge in [0, 0.05) is 19.0 Å². The lowest BCUT2D eigenvalue weighted by Gasteiger charge is -2.13. The molecule has 0 bridgehead atoms. The van der Waals surface area contributed by atoms with Gasteiger partial charge in [-0.05, 0) is 11.8 Å². The standard InChI is InChI=1S/C7H9NO3/c9-3-6-4-1-8(7(10)11)2-5(4)6/h3-6H,1-2H2,(H,10,11)/t4-,5-/m0/s1. The molecule has 2 aliphatic rings. The first kappa shape index (κ1) is 6.64. The van der Waals surface area contributed by atoms with Crippen molar-refractivity contribution in [3.63, 3.8) is 0 Å². The lowest BCUT2D eigenvalue weighted by molar-refractivity contribution is -0.109. The van der Waals surface area contributed by atoms with E-state index in [0.717, 1.165) is 6.29 Å². The Kier molecular flexibility index (Phi) is 1.19. The molecule has 2 fully saturated rings. The number of carboxylic acid groups (broad SMARTS) is 1. The maximum Gasteiger partial charge on any atom is 0.407 e. The van der Waals surface area contributed by atoms with Crippen molar-refractivity contribution in [2.75, 3.05) is 13.1 Å². The molecule has 1 saturated heterocycles. The lowest BCUT2D eigenvalue weighted by atomic mass is 10.3. The highest BCUT2D eigenvalue weighted by atomic mass is 16.4. The van der Waals surface area contributed by atoms with Crippen molar-refractivity contribution in [3.8, 4) is 0 Å². The fraction of sp³-hybridized carbons (Fsp3) is 0.714. The van der Waals surface area contributed by atoms with Gasteiger partial charge in [0.1, 0.15) is 6.29 Å². The summed E-state index contributed by atoms with van der Waals surface area (Å²) in [6.07, 6.45) is 0.0935. The molecule has 1 aliphatic heterocycles. The van der Waals surface area contributed by atoms with Crippen molar-refractivity contribution in [2.24, 2.45) is 17.8 Å². The van der Waals surface area contributed by atoms with Crippen LogP contribution in [0, 0.1) is 17.8 Å². The van der Waals surface area contributed by atoms with Crippen LogP contribution in [0.25, 0.3) is 0 Å². The molecule has 0 aromatic carbocycles. The molecule has 1 saturated carbocycles. The number of rotatable bonds is 1. The van der Waals surface area contributed by atoms with E-state index in [4.69, 9.17) is 5.11 Å². The summed E-state index contributed by atoms with van der Waals surface area (Å²) >= 11 is 0. The number of carbonyl (C=O) groups excluding carboxylic acids is 1. The predicted octanol–water partition coefficient (Wildman–Crippen LogP) is 0.0411. The average Bonchev–Trinajstić information content (AvgIpc) is 2.41. The Morgan fingerprint density at radius 3 is 2.36 bits per heavy atom. The lowest BCUT2D eigenvalue weighted by Crippen LogP contribution is -2.29. The topological polar surface area (TPSA) is 57.6 Å². The Hall–Kier alpha value is -1.06. The molecular formula is C7H9NO3. The number of carbonyl (C=O) groups is 2. The summed E-state index contributed by atoms with van der Waals surface area (Å²) < 4.78 is 0. The molecule has 0 spiro atoms. The van der Waals surface area contributed by atoms with Gasteiger partial charge in [0.15, 0.2) is 0 Å². The summed E-state index contributed by atoms with van der Waals surface area (Å²) in [7, 11) is 0. The fourth-order valence-corrected chi connectivity index (χ4v) is 1.93. The van der Waals surface area contributed by atoms with Gasteiger partial charge in [-0.2, -0.15) is 0 Å². The minimum atomic E-state index is -0.859. The second kappa shape index (κ2) is 1.96. The first-order valence-corrected chi connectivity index (χ1v) is 3.67. The van der Waals surface area contributed by atoms with E-state index in [1.807, 2.05) is 0 Å². The zero-order valence-electron chi connectivity index (χ0n) is 5.93. The summed E-state index contributed by atoms with van der Waals surface area (Å²) in [4.78, 5) is 22.1. The molecule has 0 aromatic heterocycles. The highest BCUT2D eigenvalue weighted by Gasteiger charge is 2.56. The molecular weight excluding hydrogens is 146 g/mol. The second-order valence-corrected chi connectivity index (χ2v) is 3.23. The fourth-order valence-electron chi connectivity index (χ4n) is 1.93. The van der Waals surface area contributed by atoms with Gasteiger partial charge < -0.3 is 14.8 Å². The number of aldehydes is 1. The Balaban J connectivity index is 1.94. The van der Waals surface area contributed by atoms with Crippen LogP contribution in [0.1, 0.15) is 0 Å². The first-order chi connectivity index (χ1) is 5.24. The van der Waals surface area contributed by atoms with Gasteiger partial charge in [0.2, 0.25) is 0 Å². The normalized spacial score (nSPS) is 40.0. The van der Waals surface area contributed by atoms with Crippen LogP contribution in [0.3, 0.4) is 0 Å². The summed E-state index contributed by atoms with van der Waals surface area (Å²) in [5, 5.41) is 8.55. The minimum absolute atomic E-state index is 0.158. The van der Waals surface area contributed by atoms with Crippen molar-refractivity contribution >= 4 is 12.4 Å². The molecule has 4 heteroatoms. The van der Waals surface area contributed by atoms with Gasteiger partial charge in [0.05, 0.1) is 0 Å². The van der Waals surface area contributed by atoms with Gasteiger partial charge in [-0.25, -0.2) is 4.79 Å². The predicted molar refractivity (Wildman–Crippen MR) is 36.1 cm³/mol. The Labute approximate surface area is 63.8 Å². The maximum absolute atomic E-state index is 10.4. The molecule has 4 nitrogen and oxygen atoms in total. The molecule has 1 heterocycles. The third-order valence-corrected chi connectivity index (χ3v) is 2.69. The number of hydrogen-bond acceptors (Lipinski definition) is 2. The first-order valence-electron chi connectivity index (χ1n) is 3.67. The molecule has 0 unspecified atom stereocenters. The van der Waals surface area contributed by atoms with Crippen LogP contribution in [0.2, 0.25) is 0 Å². The largest absolute Gasteiger partial charge is 0.465 e. The van der Waals surface area contributed by atoms with Crippen molar-refractivity contribution in [3.05, 3.63) is 0 Å². The molecule has 1 amide bonds. The van der Waals surface area contributed by atoms with E-state index in [1.165, 1.54) is 4.90 Å². The third-order valence-electron chi connectivity index (χ3n) is 2.69. The average molecular weight is 155 g/mol. The van der Waals surface area contributed by atoms with Crippen LogP contribution >= 0.6 is 0 Å². The third kappa shape index (κ3) is 0.818. The molecule has 0 radical (unpaired) electrons. The number of piperidine rings is 1. The molecule has 1 N–H and O–H groups in total. The highest BCUT2D eigenvalue weighted by molar-refractivity contribution is 5.68. The van der Waals surface area contributed by atoms with Crippen LogP contribution < -0.4 is 0 Å². The van der Waals surface area contributed by atoms with E-state index in [1.54, 1.807) is 0 Å². The van der Waals surface area contributed by atoms with E-state index in [0.29, 0.717) is 24.9 Å². The number of likely N-dealkylation sites (tertiary alicyclic amines) is 1. The second-order valence-electron chi connectivity index (χ2n) is 3.23. The van der Waals surface area contributed by atoms with Gasteiger partial charge in [-0.1, -0.05) is 0 Å². The van der Waals surface area contributed by atoms with E-state index < -0.39 is 6.09 Å². The van der Waals surface area contributed by atoms with Gasteiger partial charge >= 0.3 is 6.09 Å². The molecule has 60 valence electrons. The van der Waals surface area contributed by atoms with E-state index in [-0.39, 0.29) is 5.92 Å². The zero-order valence-corrected chi connectivity index (χ0v) is 5.93. The zero-order chi connectivity index (χ0) is 8.01. The van der Waals surface area contributed by atoms with Crippen molar-refractivity contribution < 1.29 is 14.7 Å². The molecule has 0 aromatic rings. The minimum Gasteiger partial charge on any atom is -0.465 e. The van der Waals surface area contributed by atoms with Crippen LogP contribution in [-0.2, 0) is 4.79 Å². The number of fused-ring (bicyclic) bond motifs is 1. The Morgan fingerprint density at radius 1 is 1.45 bits per heavy atom. The number of hydrogen-bond donors (Lipinski definition) is 1. The smallest absolute Gasteiger partial charge is 0.407 e. The van der Waals surface area contributed by atoms with Crippen LogP contribution in [0.4, 0.5) is 4.79 Å². The highest BCUT2D eigenvalue weighted by Crippen LogP contribution is 2.50. The van der Waals surface area contributed by atoms with Crippen LogP contribution in [-0.4, -0.2) is 35.5 Å². The van der Waals surface area contributed by atoms with Crippen molar-refractivity contribution in [1.82, 2.24) is 4.90 Å². The van der Waals surface area contributed by atoms with Gasteiger partial charge in [0.25, 0.3) is 0 Å². The Bertz CT molecular complexity index is 204. The van der Waals surface area contributed by atoms with Gasteiger partial charge in [-0.15, -0.1) is 0 Å². The monoisotopic (exact) mass is 155 g/mol. The van der Waals surface area contributed by atoms with Crippen LogP contribution in [0.15, 0.2) is 0 Å². The Morgan fingerprint density at radius 2 is 2.00 bits per heavy atom. The quantitative estimate of drug-likeness (QED) is 0.544. The molecule has 1 aliphatic carbocycles. The van der Waals surface area contributed by atoms with Gasteiger partial charge in [-0.3, -0.25) is 0 Å². The summed E-state index contributed by atoms with van der Waals surface area (Å²) in [5.41, 5.74) is 0. The number of nitrogens with zero attached hydrogens (tertiary/aromatic N) is 1. The number of amides is 1. The summed E-state index contributed by atoms with van der Waals surface area (Å²) in [5.74, 6) is 0.831. The SMILES string of the molecule is O=CC1[C@H]2CN(C(=O)O)C[C@H]12. The summed E-state index contributed by atoms with van der Waals surface area (Å²) in [6.45, 7) is 1.12.